The number of nitrogens with one attached hydrogen (secondary N) is 2. The molecule has 0 aliphatic carbocycles. The first kappa shape index (κ1) is 17.2. The minimum atomic E-state index is -0.891. The molecule has 2 heterocycles. The maximum Gasteiger partial charge on any atom is 0.320 e. The summed E-state index contributed by atoms with van der Waals surface area (Å²) < 4.78 is 1.48. The quantitative estimate of drug-likeness (QED) is 0.755. The minimum Gasteiger partial charge on any atom is -0.388 e. The van der Waals surface area contributed by atoms with E-state index in [2.05, 4.69) is 20.7 Å². The molecule has 2 amide bonds. The average Bonchev–Trinajstić information content (AvgIpc) is 3.01. The lowest BCUT2D eigenvalue weighted by atomic mass is 9.98. The van der Waals surface area contributed by atoms with Crippen molar-refractivity contribution in [2.45, 2.75) is 32.3 Å². The Balaban J connectivity index is 1.97. The molecule has 23 heavy (non-hydrogen) atoms. The topological polar surface area (TPSA) is 92.1 Å². The molecule has 0 fully saturated rings. The molecule has 0 atom stereocenters. The summed E-state index contributed by atoms with van der Waals surface area (Å²) in [7, 11) is 0. The Morgan fingerprint density at radius 3 is 2.78 bits per heavy atom. The summed E-state index contributed by atoms with van der Waals surface area (Å²) >= 11 is 6.05. The van der Waals surface area contributed by atoms with E-state index in [0.717, 1.165) is 0 Å². The number of rotatable bonds is 6. The van der Waals surface area contributed by atoms with Gasteiger partial charge in [-0.25, -0.2) is 14.5 Å². The third-order valence-electron chi connectivity index (χ3n) is 3.68. The number of urea groups is 1. The third-order valence-corrected chi connectivity index (χ3v) is 3.98. The van der Waals surface area contributed by atoms with Crippen LogP contribution in [0.25, 0.3) is 5.82 Å². The Morgan fingerprint density at radius 2 is 2.13 bits per heavy atom. The molecule has 124 valence electrons. The first-order valence-corrected chi connectivity index (χ1v) is 7.79. The summed E-state index contributed by atoms with van der Waals surface area (Å²) in [4.78, 5) is 16.0. The summed E-state index contributed by atoms with van der Waals surface area (Å²) in [5, 5.41) is 20.1. The van der Waals surface area contributed by atoms with Gasteiger partial charge in [0.15, 0.2) is 11.6 Å². The first-order chi connectivity index (χ1) is 11.0. The first-order valence-electron chi connectivity index (χ1n) is 7.41. The number of pyridine rings is 1. The van der Waals surface area contributed by atoms with Gasteiger partial charge in [-0.15, -0.1) is 5.10 Å². The van der Waals surface area contributed by atoms with Crippen molar-refractivity contribution in [3.8, 4) is 5.82 Å². The number of hydrogen-bond acceptors (Lipinski definition) is 4. The number of aliphatic hydroxyl groups is 1. The van der Waals surface area contributed by atoms with Crippen LogP contribution in [0, 0.1) is 0 Å². The number of carbonyl (C=O) groups excluding carboxylic acids is 1. The van der Waals surface area contributed by atoms with Gasteiger partial charge in [0, 0.05) is 25.0 Å². The van der Waals surface area contributed by atoms with Gasteiger partial charge in [-0.2, -0.15) is 0 Å². The largest absolute Gasteiger partial charge is 0.388 e. The van der Waals surface area contributed by atoms with E-state index in [-0.39, 0.29) is 6.54 Å². The van der Waals surface area contributed by atoms with Crippen molar-refractivity contribution < 1.29 is 9.90 Å². The maximum atomic E-state index is 11.9. The Bertz CT molecular complexity index is 669. The molecule has 0 aliphatic rings. The highest BCUT2D eigenvalue weighted by atomic mass is 35.5. The van der Waals surface area contributed by atoms with E-state index in [1.54, 1.807) is 30.6 Å². The van der Waals surface area contributed by atoms with Crippen LogP contribution in [0.5, 0.6) is 0 Å². The van der Waals surface area contributed by atoms with E-state index in [9.17, 15) is 9.90 Å². The molecule has 7 nitrogen and oxygen atoms in total. The fourth-order valence-electron chi connectivity index (χ4n) is 1.96. The SMILES string of the molecule is CCC(O)(CC)CNC(=O)Nc1ccn(-c2ncccc2Cl)n1. The lowest BCUT2D eigenvalue weighted by molar-refractivity contribution is 0.0354. The Morgan fingerprint density at radius 1 is 1.39 bits per heavy atom. The highest BCUT2D eigenvalue weighted by Crippen LogP contribution is 2.17. The molecule has 0 unspecified atom stereocenters. The van der Waals surface area contributed by atoms with Crippen LogP contribution in [0.1, 0.15) is 26.7 Å². The lowest BCUT2D eigenvalue weighted by Gasteiger charge is -2.25. The summed E-state index contributed by atoms with van der Waals surface area (Å²) in [5.41, 5.74) is -0.891. The molecule has 0 spiro atoms. The maximum absolute atomic E-state index is 11.9. The summed E-state index contributed by atoms with van der Waals surface area (Å²) in [6.07, 6.45) is 4.39. The molecule has 3 N–H and O–H groups in total. The smallest absolute Gasteiger partial charge is 0.320 e. The van der Waals surface area contributed by atoms with Crippen LogP contribution < -0.4 is 10.6 Å². The standard InChI is InChI=1S/C15H20ClN5O2/c1-3-15(23,4-2)10-18-14(22)19-12-7-9-21(20-12)13-11(16)6-5-8-17-13/h5-9,23H,3-4,10H2,1-2H3,(H2,18,19,20,22). The van der Waals surface area contributed by atoms with Gasteiger partial charge in [0.25, 0.3) is 0 Å². The zero-order chi connectivity index (χ0) is 16.9. The highest BCUT2D eigenvalue weighted by molar-refractivity contribution is 6.32. The van der Waals surface area contributed by atoms with Gasteiger partial charge in [-0.3, -0.25) is 5.32 Å². The molecule has 0 radical (unpaired) electrons. The zero-order valence-corrected chi connectivity index (χ0v) is 13.8. The summed E-state index contributed by atoms with van der Waals surface area (Å²) in [5.74, 6) is 0.842. The van der Waals surface area contributed by atoms with Crippen molar-refractivity contribution in [1.29, 1.82) is 0 Å². The molecule has 0 saturated heterocycles. The Hall–Kier alpha value is -2.12. The van der Waals surface area contributed by atoms with Crippen LogP contribution in [0.4, 0.5) is 10.6 Å². The van der Waals surface area contributed by atoms with Gasteiger partial charge in [-0.1, -0.05) is 25.4 Å². The van der Waals surface area contributed by atoms with Crippen LogP contribution in [0.15, 0.2) is 30.6 Å². The van der Waals surface area contributed by atoms with Crippen molar-refractivity contribution in [3.63, 3.8) is 0 Å². The molecule has 0 saturated carbocycles. The molecule has 2 aromatic heterocycles. The molecular formula is C15H20ClN5O2. The van der Waals surface area contributed by atoms with Crippen LogP contribution >= 0.6 is 11.6 Å². The number of aromatic nitrogens is 3. The normalized spacial score (nSPS) is 11.3. The van der Waals surface area contributed by atoms with Crippen molar-refractivity contribution in [2.24, 2.45) is 0 Å². The number of nitrogens with zero attached hydrogens (tertiary/aromatic N) is 3. The van der Waals surface area contributed by atoms with Gasteiger partial charge in [0.05, 0.1) is 10.6 Å². The van der Waals surface area contributed by atoms with Crippen LogP contribution in [0.3, 0.4) is 0 Å². The Kier molecular flexibility index (Phi) is 5.57. The third kappa shape index (κ3) is 4.43. The van der Waals surface area contributed by atoms with Gasteiger partial charge < -0.3 is 10.4 Å². The molecule has 0 bridgehead atoms. The number of halogens is 1. The monoisotopic (exact) mass is 337 g/mol. The van der Waals surface area contributed by atoms with Crippen molar-refractivity contribution in [3.05, 3.63) is 35.6 Å². The molecule has 8 heteroatoms. The van der Waals surface area contributed by atoms with E-state index < -0.39 is 11.6 Å². The molecule has 0 aromatic carbocycles. The predicted molar refractivity (Wildman–Crippen MR) is 88.9 cm³/mol. The molecular weight excluding hydrogens is 318 g/mol. The molecule has 2 rings (SSSR count). The number of amides is 2. The number of hydrogen-bond donors (Lipinski definition) is 3. The van der Waals surface area contributed by atoms with Gasteiger partial charge in [-0.05, 0) is 25.0 Å². The fraction of sp³-hybridized carbons (Fsp3) is 0.400. The highest BCUT2D eigenvalue weighted by Gasteiger charge is 2.22. The van der Waals surface area contributed by atoms with E-state index in [1.165, 1.54) is 4.68 Å². The predicted octanol–water partition coefficient (Wildman–Crippen LogP) is 2.59. The van der Waals surface area contributed by atoms with Gasteiger partial charge in [0.1, 0.15) is 0 Å². The molecule has 2 aromatic rings. The minimum absolute atomic E-state index is 0.179. The van der Waals surface area contributed by atoms with Crippen molar-refractivity contribution in [1.82, 2.24) is 20.1 Å². The number of carbonyl (C=O) groups is 1. The van der Waals surface area contributed by atoms with Gasteiger partial charge in [0.2, 0.25) is 0 Å². The fourth-order valence-corrected chi connectivity index (χ4v) is 2.17. The average molecular weight is 338 g/mol. The van der Waals surface area contributed by atoms with Gasteiger partial charge >= 0.3 is 6.03 Å². The second kappa shape index (κ2) is 7.43. The second-order valence-electron chi connectivity index (χ2n) is 5.19. The van der Waals surface area contributed by atoms with Crippen LogP contribution in [-0.4, -0.2) is 38.0 Å². The van der Waals surface area contributed by atoms with Crippen molar-refractivity contribution in [2.75, 3.05) is 11.9 Å². The second-order valence-corrected chi connectivity index (χ2v) is 5.60. The molecule has 0 aliphatic heterocycles. The summed E-state index contributed by atoms with van der Waals surface area (Å²) in [6, 6.07) is 4.64. The van der Waals surface area contributed by atoms with Crippen LogP contribution in [-0.2, 0) is 0 Å². The van der Waals surface area contributed by atoms with E-state index in [4.69, 9.17) is 11.6 Å². The van der Waals surface area contributed by atoms with E-state index in [0.29, 0.717) is 29.5 Å². The van der Waals surface area contributed by atoms with Crippen molar-refractivity contribution >= 4 is 23.4 Å². The van der Waals surface area contributed by atoms with E-state index >= 15 is 0 Å². The zero-order valence-electron chi connectivity index (χ0n) is 13.1. The van der Waals surface area contributed by atoms with Crippen LogP contribution in [0.2, 0.25) is 5.02 Å². The number of anilines is 1. The summed E-state index contributed by atoms with van der Waals surface area (Å²) in [6.45, 7) is 3.93. The Labute approximate surface area is 139 Å². The van der Waals surface area contributed by atoms with E-state index in [1.807, 2.05) is 13.8 Å². The lowest BCUT2D eigenvalue weighted by Crippen LogP contribution is -2.43.